The number of hydrogen-bond acceptors (Lipinski definition) is 3. The summed E-state index contributed by atoms with van der Waals surface area (Å²) in [7, 11) is 0. The van der Waals surface area contributed by atoms with Crippen molar-refractivity contribution in [1.29, 1.82) is 0 Å². The van der Waals surface area contributed by atoms with Crippen LogP contribution < -0.4 is 0 Å². The summed E-state index contributed by atoms with van der Waals surface area (Å²) in [6, 6.07) is 1.27. The second-order valence-corrected chi connectivity index (χ2v) is 7.78. The fraction of sp³-hybridized carbons (Fsp3) is 0.556. The minimum atomic E-state index is -3.57. The third-order valence-electron chi connectivity index (χ3n) is 5.58. The Balaban J connectivity index is 1.56. The maximum absolute atomic E-state index is 15.0. The molecular weight excluding hydrogens is 383 g/mol. The molecule has 9 heteroatoms. The lowest BCUT2D eigenvalue weighted by molar-refractivity contribution is -0.165. The molecule has 1 atom stereocenters. The summed E-state index contributed by atoms with van der Waals surface area (Å²) in [5.74, 6) is -5.74. The molecule has 1 aromatic carbocycles. The van der Waals surface area contributed by atoms with E-state index in [0.29, 0.717) is 5.39 Å². The lowest BCUT2D eigenvalue weighted by Gasteiger charge is -2.38. The van der Waals surface area contributed by atoms with Crippen molar-refractivity contribution in [3.8, 4) is 0 Å². The standard InChI is InChI=1S/C18H19ClF3N3O2/c19-12-7-10-8-23-24-15(10)13(14(12)20)16(26)18(21,22)11-3-5-25(6-4-11)17(27)9-1-2-9/h7-9,11,16,26H,1-6H2,(H,23,24). The first-order valence-corrected chi connectivity index (χ1v) is 9.34. The zero-order chi connectivity index (χ0) is 19.3. The molecule has 27 heavy (non-hydrogen) atoms. The van der Waals surface area contributed by atoms with Crippen molar-refractivity contribution in [2.45, 2.75) is 37.7 Å². The van der Waals surface area contributed by atoms with Gasteiger partial charge in [0.25, 0.3) is 5.92 Å². The highest BCUT2D eigenvalue weighted by molar-refractivity contribution is 6.31. The molecule has 0 spiro atoms. The van der Waals surface area contributed by atoms with Crippen LogP contribution in [0.25, 0.3) is 10.9 Å². The third kappa shape index (κ3) is 3.18. The SMILES string of the molecule is O=C(C1CC1)N1CCC(C(F)(F)C(O)c2c(F)c(Cl)cc3cn[nH]c23)CC1. The van der Waals surface area contributed by atoms with Gasteiger partial charge in [-0.05, 0) is 31.7 Å². The van der Waals surface area contributed by atoms with E-state index in [0.717, 1.165) is 12.8 Å². The molecule has 1 saturated carbocycles. The molecule has 0 bridgehead atoms. The number of rotatable bonds is 4. The van der Waals surface area contributed by atoms with E-state index in [9.17, 15) is 14.3 Å². The number of piperidine rings is 1. The van der Waals surface area contributed by atoms with E-state index in [1.54, 1.807) is 4.90 Å². The number of likely N-dealkylation sites (tertiary alicyclic amines) is 1. The highest BCUT2D eigenvalue weighted by Crippen LogP contribution is 2.45. The second kappa shape index (κ2) is 6.67. The molecule has 2 heterocycles. The van der Waals surface area contributed by atoms with Gasteiger partial charge in [0.1, 0.15) is 11.9 Å². The van der Waals surface area contributed by atoms with Crippen molar-refractivity contribution in [3.63, 3.8) is 0 Å². The molecule has 1 amide bonds. The zero-order valence-corrected chi connectivity index (χ0v) is 15.1. The van der Waals surface area contributed by atoms with Gasteiger partial charge < -0.3 is 10.0 Å². The lowest BCUT2D eigenvalue weighted by Crippen LogP contribution is -2.46. The summed E-state index contributed by atoms with van der Waals surface area (Å²) >= 11 is 5.80. The van der Waals surface area contributed by atoms with Gasteiger partial charge in [-0.3, -0.25) is 9.89 Å². The Hall–Kier alpha value is -1.80. The van der Waals surface area contributed by atoms with Crippen LogP contribution in [-0.2, 0) is 4.79 Å². The van der Waals surface area contributed by atoms with Gasteiger partial charge in [0.2, 0.25) is 5.91 Å². The fourth-order valence-electron chi connectivity index (χ4n) is 3.80. The Morgan fingerprint density at radius 2 is 2.00 bits per heavy atom. The van der Waals surface area contributed by atoms with Crippen LogP contribution in [0, 0.1) is 17.7 Å². The Labute approximate surface area is 158 Å². The van der Waals surface area contributed by atoms with E-state index in [1.165, 1.54) is 12.3 Å². The number of aliphatic hydroxyl groups excluding tert-OH is 1. The second-order valence-electron chi connectivity index (χ2n) is 7.37. The van der Waals surface area contributed by atoms with Gasteiger partial charge in [0.15, 0.2) is 0 Å². The van der Waals surface area contributed by atoms with Gasteiger partial charge in [0.05, 0.1) is 16.7 Å². The molecule has 1 aliphatic carbocycles. The first-order chi connectivity index (χ1) is 12.8. The molecule has 1 aliphatic heterocycles. The van der Waals surface area contributed by atoms with Crippen molar-refractivity contribution < 1.29 is 23.1 Å². The molecule has 0 radical (unpaired) electrons. The molecule has 146 valence electrons. The number of nitrogens with zero attached hydrogens (tertiary/aromatic N) is 2. The lowest BCUT2D eigenvalue weighted by atomic mass is 9.84. The average Bonchev–Trinajstić information content (AvgIpc) is 3.41. The number of halogens is 4. The van der Waals surface area contributed by atoms with Crippen molar-refractivity contribution in [2.24, 2.45) is 11.8 Å². The Kier molecular flexibility index (Phi) is 4.58. The van der Waals surface area contributed by atoms with Crippen LogP contribution in [0.2, 0.25) is 5.02 Å². The normalized spacial score (nSPS) is 20.3. The maximum Gasteiger partial charge on any atom is 0.280 e. The summed E-state index contributed by atoms with van der Waals surface area (Å²) in [6.45, 7) is 0.444. The van der Waals surface area contributed by atoms with E-state index in [-0.39, 0.29) is 48.3 Å². The zero-order valence-electron chi connectivity index (χ0n) is 14.4. The van der Waals surface area contributed by atoms with Crippen molar-refractivity contribution in [1.82, 2.24) is 15.1 Å². The Bertz CT molecular complexity index is 876. The van der Waals surface area contributed by atoms with E-state index >= 15 is 8.78 Å². The number of alkyl halides is 2. The minimum absolute atomic E-state index is 0.00502. The first-order valence-electron chi connectivity index (χ1n) is 8.96. The first kappa shape index (κ1) is 18.6. The number of aromatic amines is 1. The van der Waals surface area contributed by atoms with Gasteiger partial charge in [0, 0.05) is 35.9 Å². The van der Waals surface area contributed by atoms with E-state index in [2.05, 4.69) is 10.2 Å². The van der Waals surface area contributed by atoms with Gasteiger partial charge in [-0.25, -0.2) is 13.2 Å². The number of amides is 1. The van der Waals surface area contributed by atoms with Crippen LogP contribution in [0.3, 0.4) is 0 Å². The number of aliphatic hydroxyl groups is 1. The van der Waals surface area contributed by atoms with Crippen LogP contribution in [0.5, 0.6) is 0 Å². The molecule has 1 aromatic heterocycles. The molecule has 2 fully saturated rings. The summed E-state index contributed by atoms with van der Waals surface area (Å²) in [4.78, 5) is 13.7. The molecule has 1 saturated heterocycles. The van der Waals surface area contributed by atoms with Gasteiger partial charge in [-0.2, -0.15) is 5.10 Å². The molecule has 2 aliphatic rings. The number of carbonyl (C=O) groups excluding carboxylic acids is 1. The van der Waals surface area contributed by atoms with Crippen molar-refractivity contribution in [2.75, 3.05) is 13.1 Å². The van der Waals surface area contributed by atoms with Crippen molar-refractivity contribution in [3.05, 3.63) is 28.7 Å². The summed E-state index contributed by atoms with van der Waals surface area (Å²) in [5.41, 5.74) is -0.568. The number of fused-ring (bicyclic) bond motifs is 1. The smallest absolute Gasteiger partial charge is 0.280 e. The number of benzene rings is 1. The quantitative estimate of drug-likeness (QED) is 0.821. The predicted octanol–water partition coefficient (Wildman–Crippen LogP) is 3.67. The van der Waals surface area contributed by atoms with Crippen LogP contribution in [0.15, 0.2) is 12.3 Å². The number of carbonyl (C=O) groups is 1. The Morgan fingerprint density at radius 1 is 1.33 bits per heavy atom. The van der Waals surface area contributed by atoms with E-state index in [1.807, 2.05) is 0 Å². The predicted molar refractivity (Wildman–Crippen MR) is 93.0 cm³/mol. The highest BCUT2D eigenvalue weighted by Gasteiger charge is 2.50. The van der Waals surface area contributed by atoms with Gasteiger partial charge >= 0.3 is 0 Å². The van der Waals surface area contributed by atoms with Crippen LogP contribution >= 0.6 is 11.6 Å². The monoisotopic (exact) mass is 401 g/mol. The molecule has 1 unspecified atom stereocenters. The molecule has 2 N–H and O–H groups in total. The summed E-state index contributed by atoms with van der Waals surface area (Å²) in [5, 5.41) is 16.6. The summed E-state index contributed by atoms with van der Waals surface area (Å²) in [6.07, 6.45) is 0.795. The number of nitrogens with one attached hydrogen (secondary N) is 1. The number of H-pyrrole nitrogens is 1. The summed E-state index contributed by atoms with van der Waals surface area (Å²) < 4.78 is 44.6. The van der Waals surface area contributed by atoms with Crippen molar-refractivity contribution >= 4 is 28.4 Å². The topological polar surface area (TPSA) is 69.2 Å². The molecular formula is C18H19ClF3N3O2. The fourth-order valence-corrected chi connectivity index (χ4v) is 4.02. The number of hydrogen-bond donors (Lipinski definition) is 2. The van der Waals surface area contributed by atoms with E-state index < -0.39 is 29.3 Å². The van der Waals surface area contributed by atoms with Crippen LogP contribution in [-0.4, -0.2) is 45.1 Å². The molecule has 4 rings (SSSR count). The number of aromatic nitrogens is 2. The maximum atomic E-state index is 15.0. The molecule has 2 aromatic rings. The van der Waals surface area contributed by atoms with E-state index in [4.69, 9.17) is 11.6 Å². The Morgan fingerprint density at radius 3 is 2.63 bits per heavy atom. The van der Waals surface area contributed by atoms with Crippen LogP contribution in [0.1, 0.15) is 37.4 Å². The minimum Gasteiger partial charge on any atom is -0.382 e. The highest BCUT2D eigenvalue weighted by atomic mass is 35.5. The average molecular weight is 402 g/mol. The third-order valence-corrected chi connectivity index (χ3v) is 5.86. The van der Waals surface area contributed by atoms with Gasteiger partial charge in [-0.1, -0.05) is 11.6 Å². The molecule has 5 nitrogen and oxygen atoms in total. The largest absolute Gasteiger partial charge is 0.382 e. The van der Waals surface area contributed by atoms with Gasteiger partial charge in [-0.15, -0.1) is 0 Å². The van der Waals surface area contributed by atoms with Crippen LogP contribution in [0.4, 0.5) is 13.2 Å².